The van der Waals surface area contributed by atoms with Crippen LogP contribution in [-0.4, -0.2) is 53.6 Å². The van der Waals surface area contributed by atoms with E-state index in [9.17, 15) is 18.3 Å². The van der Waals surface area contributed by atoms with Crippen LogP contribution in [0.1, 0.15) is 25.8 Å². The summed E-state index contributed by atoms with van der Waals surface area (Å²) in [6, 6.07) is 5.75. The molecule has 4 rings (SSSR count). The second-order valence-electron chi connectivity index (χ2n) is 8.99. The molecule has 0 bridgehead atoms. The number of ether oxygens (including phenoxy) is 1. The summed E-state index contributed by atoms with van der Waals surface area (Å²) in [6.07, 6.45) is 1.08. The maximum atomic E-state index is 13.2. The third-order valence-corrected chi connectivity index (χ3v) is 6.21. The average molecular weight is 563 g/mol. The Bertz CT molecular complexity index is 1440. The fourth-order valence-corrected chi connectivity index (χ4v) is 3.82. The van der Waals surface area contributed by atoms with Gasteiger partial charge in [0.05, 0.1) is 18.0 Å². The Balaban J connectivity index is 1.45. The van der Waals surface area contributed by atoms with Crippen molar-refractivity contribution in [2.75, 3.05) is 17.6 Å². The first kappa shape index (κ1) is 28.0. The molecule has 0 aromatic carbocycles. The van der Waals surface area contributed by atoms with E-state index >= 15 is 0 Å². The first-order valence-electron chi connectivity index (χ1n) is 11.8. The van der Waals surface area contributed by atoms with E-state index in [-0.39, 0.29) is 16.8 Å². The summed E-state index contributed by atoms with van der Waals surface area (Å²) in [5.74, 6) is 1.21. The molecule has 4 N–H and O–H groups in total. The Hall–Kier alpha value is -3.97. The molecule has 206 valence electrons. The molecular weight excluding hydrogens is 537 g/mol. The predicted octanol–water partition coefficient (Wildman–Crippen LogP) is 4.61. The molecule has 0 fully saturated rings. The van der Waals surface area contributed by atoms with Crippen molar-refractivity contribution in [1.29, 1.82) is 0 Å². The molecule has 1 unspecified atom stereocenters. The van der Waals surface area contributed by atoms with Crippen LogP contribution in [-0.2, 0) is 12.6 Å². The average Bonchev–Trinajstić information content (AvgIpc) is 3.23. The van der Waals surface area contributed by atoms with Crippen molar-refractivity contribution in [1.82, 2.24) is 29.7 Å². The van der Waals surface area contributed by atoms with Crippen molar-refractivity contribution < 1.29 is 23.0 Å². The topological polar surface area (TPSA) is 137 Å². The van der Waals surface area contributed by atoms with Crippen LogP contribution in [0.25, 0.3) is 22.6 Å². The SMILES string of the molecule is C[C@@H](CCNc1cc(Cl)ncc1-c1ccc(C(C)(O)C(F)(F)F)cn1)Oc1c(-c2nccc(N)n2)cnn1C. The number of nitrogens with zero attached hydrogens (tertiary/aromatic N) is 6. The van der Waals surface area contributed by atoms with Gasteiger partial charge in [0.15, 0.2) is 11.4 Å². The van der Waals surface area contributed by atoms with Crippen LogP contribution in [0.3, 0.4) is 0 Å². The standard InChI is InChI=1S/C25H26ClF3N8O2/c1-14(39-23-17(13-35-37(23)3)22-32-9-7-21(30)36-22)6-8-31-19-10-20(26)34-12-16(19)18-5-4-15(11-33-18)24(2,38)25(27,28)29/h4-5,7,9-14,38H,6,8H2,1-3H3,(H,31,34)(H2,30,32,36)/t14-,24?/m0/s1. The van der Waals surface area contributed by atoms with Crippen molar-refractivity contribution in [3.8, 4) is 28.5 Å². The third kappa shape index (κ3) is 6.20. The zero-order valence-electron chi connectivity index (χ0n) is 21.2. The minimum absolute atomic E-state index is 0.226. The Kier molecular flexibility index (Phi) is 7.93. The van der Waals surface area contributed by atoms with Gasteiger partial charge in [-0.2, -0.15) is 18.3 Å². The minimum atomic E-state index is -4.85. The summed E-state index contributed by atoms with van der Waals surface area (Å²) in [6.45, 7) is 3.03. The fraction of sp³-hybridized carbons (Fsp3) is 0.320. The molecule has 0 saturated carbocycles. The van der Waals surface area contributed by atoms with Gasteiger partial charge in [-0.25, -0.2) is 19.6 Å². The van der Waals surface area contributed by atoms with Crippen molar-refractivity contribution >= 4 is 23.1 Å². The first-order valence-corrected chi connectivity index (χ1v) is 12.2. The molecular formula is C25H26ClF3N8O2. The van der Waals surface area contributed by atoms with Gasteiger partial charge in [-0.05, 0) is 32.0 Å². The predicted molar refractivity (Wildman–Crippen MR) is 140 cm³/mol. The van der Waals surface area contributed by atoms with Gasteiger partial charge in [0, 0.05) is 55.4 Å². The number of alkyl halides is 3. The van der Waals surface area contributed by atoms with E-state index < -0.39 is 11.8 Å². The largest absolute Gasteiger partial charge is 0.474 e. The van der Waals surface area contributed by atoms with Crippen molar-refractivity contribution in [2.24, 2.45) is 7.05 Å². The van der Waals surface area contributed by atoms with E-state index in [0.717, 1.165) is 6.20 Å². The highest BCUT2D eigenvalue weighted by atomic mass is 35.5. The van der Waals surface area contributed by atoms with Gasteiger partial charge in [-0.3, -0.25) is 4.98 Å². The van der Waals surface area contributed by atoms with Crippen molar-refractivity contribution in [3.05, 3.63) is 59.8 Å². The number of anilines is 2. The van der Waals surface area contributed by atoms with Crippen LogP contribution >= 0.6 is 11.6 Å². The highest BCUT2D eigenvalue weighted by molar-refractivity contribution is 6.29. The number of hydrogen-bond donors (Lipinski definition) is 3. The molecule has 4 heterocycles. The maximum Gasteiger partial charge on any atom is 0.421 e. The second kappa shape index (κ2) is 11.0. The molecule has 4 aromatic rings. The number of nitrogens with two attached hydrogens (primary N) is 1. The lowest BCUT2D eigenvalue weighted by atomic mass is 9.96. The summed E-state index contributed by atoms with van der Waals surface area (Å²) < 4.78 is 47.3. The van der Waals surface area contributed by atoms with Gasteiger partial charge in [-0.1, -0.05) is 17.7 Å². The molecule has 0 amide bonds. The smallest absolute Gasteiger partial charge is 0.421 e. The summed E-state index contributed by atoms with van der Waals surface area (Å²) in [4.78, 5) is 16.7. The van der Waals surface area contributed by atoms with Crippen LogP contribution in [0.5, 0.6) is 5.88 Å². The molecule has 0 aliphatic carbocycles. The van der Waals surface area contributed by atoms with Gasteiger partial charge >= 0.3 is 6.18 Å². The Morgan fingerprint density at radius 3 is 2.56 bits per heavy atom. The molecule has 0 spiro atoms. The lowest BCUT2D eigenvalue weighted by Gasteiger charge is -2.26. The van der Waals surface area contributed by atoms with Gasteiger partial charge in [0.1, 0.15) is 16.5 Å². The molecule has 0 aliphatic heterocycles. The van der Waals surface area contributed by atoms with Crippen LogP contribution in [0, 0.1) is 0 Å². The van der Waals surface area contributed by atoms with Crippen LogP contribution in [0.4, 0.5) is 24.7 Å². The number of nitrogens with one attached hydrogen (secondary N) is 1. The zero-order valence-corrected chi connectivity index (χ0v) is 22.0. The summed E-state index contributed by atoms with van der Waals surface area (Å²) in [7, 11) is 1.74. The number of aromatic nitrogens is 6. The second-order valence-corrected chi connectivity index (χ2v) is 9.38. The number of hydrogen-bond acceptors (Lipinski definition) is 9. The molecule has 0 radical (unpaired) electrons. The van der Waals surface area contributed by atoms with E-state index in [1.165, 1.54) is 18.3 Å². The van der Waals surface area contributed by atoms with Gasteiger partial charge < -0.3 is 20.9 Å². The highest BCUT2D eigenvalue weighted by Gasteiger charge is 2.51. The molecule has 2 atom stereocenters. The lowest BCUT2D eigenvalue weighted by Crippen LogP contribution is -2.39. The fourth-order valence-electron chi connectivity index (χ4n) is 3.67. The van der Waals surface area contributed by atoms with E-state index in [1.54, 1.807) is 36.3 Å². The Morgan fingerprint density at radius 1 is 1.13 bits per heavy atom. The Morgan fingerprint density at radius 2 is 1.90 bits per heavy atom. The van der Waals surface area contributed by atoms with Crippen LogP contribution < -0.4 is 15.8 Å². The number of pyridine rings is 2. The normalized spacial score (nSPS) is 14.1. The zero-order chi connectivity index (χ0) is 28.4. The highest BCUT2D eigenvalue weighted by Crippen LogP contribution is 2.39. The van der Waals surface area contributed by atoms with E-state index in [2.05, 4.69) is 30.4 Å². The van der Waals surface area contributed by atoms with Crippen molar-refractivity contribution in [3.63, 3.8) is 0 Å². The summed E-state index contributed by atoms with van der Waals surface area (Å²) in [5, 5.41) is 17.6. The van der Waals surface area contributed by atoms with Gasteiger partial charge in [-0.15, -0.1) is 0 Å². The minimum Gasteiger partial charge on any atom is -0.474 e. The molecule has 10 nitrogen and oxygen atoms in total. The van der Waals surface area contributed by atoms with Crippen molar-refractivity contribution in [2.45, 2.75) is 38.1 Å². The number of halogens is 4. The van der Waals surface area contributed by atoms with Crippen LogP contribution in [0.2, 0.25) is 5.15 Å². The third-order valence-electron chi connectivity index (χ3n) is 6.01. The van der Waals surface area contributed by atoms with Gasteiger partial charge in [0.25, 0.3) is 0 Å². The number of aliphatic hydroxyl groups is 1. The molecule has 14 heteroatoms. The first-order chi connectivity index (χ1) is 18.4. The Labute approximate surface area is 227 Å². The van der Waals surface area contributed by atoms with Gasteiger partial charge in [0.2, 0.25) is 5.88 Å². The summed E-state index contributed by atoms with van der Waals surface area (Å²) in [5.41, 5.74) is 4.45. The summed E-state index contributed by atoms with van der Waals surface area (Å²) >= 11 is 6.10. The van der Waals surface area contributed by atoms with E-state index in [0.29, 0.717) is 59.9 Å². The maximum absolute atomic E-state index is 13.2. The monoisotopic (exact) mass is 562 g/mol. The van der Waals surface area contributed by atoms with Crippen LogP contribution in [0.15, 0.2) is 49.1 Å². The number of aryl methyl sites for hydroxylation is 1. The molecule has 39 heavy (non-hydrogen) atoms. The number of rotatable bonds is 9. The molecule has 4 aromatic heterocycles. The molecule has 0 saturated heterocycles. The van der Waals surface area contributed by atoms with E-state index in [1.807, 2.05) is 6.92 Å². The van der Waals surface area contributed by atoms with E-state index in [4.69, 9.17) is 22.1 Å². The lowest BCUT2D eigenvalue weighted by molar-refractivity contribution is -0.259. The quantitative estimate of drug-likeness (QED) is 0.250. The molecule has 0 aliphatic rings. The number of nitrogen functional groups attached to an aromatic ring is 1.